The molecular weight excluding hydrogens is 558 g/mol. The molecule has 0 fully saturated rings. The molecule has 2 N–H and O–H groups in total. The maximum atomic E-state index is 5.29. The molecule has 6 aromatic carbocycles. The van der Waals surface area contributed by atoms with Crippen molar-refractivity contribution >= 4 is 11.4 Å². The minimum absolute atomic E-state index is 0.937. The zero-order valence-electron chi connectivity index (χ0n) is 26.0. The van der Waals surface area contributed by atoms with Crippen LogP contribution < -0.4 is 10.6 Å². The zero-order chi connectivity index (χ0) is 31.3. The quantitative estimate of drug-likeness (QED) is 0.184. The van der Waals surface area contributed by atoms with Crippen molar-refractivity contribution in [3.8, 4) is 67.0 Å². The van der Waals surface area contributed by atoms with Crippen LogP contribution in [0.2, 0.25) is 0 Å². The first-order valence-electron chi connectivity index (χ1n) is 15.6. The molecular formula is C43H35N3. The first kappa shape index (κ1) is 28.8. The SMILES string of the molecule is CNc1cccc(-c2cccc(-c3cc(-c4cccc(-c5ccccc5)c4)cc(-c4cccc(-c5cccc(NC)c5)c4)n3)c2)c1. The molecule has 0 amide bonds. The van der Waals surface area contributed by atoms with Crippen molar-refractivity contribution in [3.63, 3.8) is 0 Å². The summed E-state index contributed by atoms with van der Waals surface area (Å²) < 4.78 is 0. The van der Waals surface area contributed by atoms with E-state index in [0.717, 1.165) is 67.3 Å². The Hall–Kier alpha value is -5.93. The number of anilines is 2. The van der Waals surface area contributed by atoms with Gasteiger partial charge in [-0.15, -0.1) is 0 Å². The second-order valence-electron chi connectivity index (χ2n) is 11.4. The molecule has 0 radical (unpaired) electrons. The van der Waals surface area contributed by atoms with Gasteiger partial charge in [0, 0.05) is 36.6 Å². The molecule has 0 aliphatic carbocycles. The Kier molecular flexibility index (Phi) is 8.13. The number of benzene rings is 6. The van der Waals surface area contributed by atoms with Gasteiger partial charge in [0.25, 0.3) is 0 Å². The van der Waals surface area contributed by atoms with Crippen LogP contribution in [0.5, 0.6) is 0 Å². The molecule has 7 aromatic rings. The van der Waals surface area contributed by atoms with E-state index in [4.69, 9.17) is 4.98 Å². The highest BCUT2D eigenvalue weighted by molar-refractivity contribution is 5.82. The van der Waals surface area contributed by atoms with Gasteiger partial charge in [0.1, 0.15) is 0 Å². The van der Waals surface area contributed by atoms with Gasteiger partial charge in [-0.2, -0.15) is 0 Å². The summed E-state index contributed by atoms with van der Waals surface area (Å²) in [5.41, 5.74) is 15.5. The minimum Gasteiger partial charge on any atom is -0.388 e. The average molecular weight is 594 g/mol. The van der Waals surface area contributed by atoms with E-state index >= 15 is 0 Å². The molecule has 0 aliphatic heterocycles. The lowest BCUT2D eigenvalue weighted by atomic mass is 9.95. The second kappa shape index (κ2) is 13.0. The lowest BCUT2D eigenvalue weighted by Gasteiger charge is -2.13. The first-order valence-corrected chi connectivity index (χ1v) is 15.6. The van der Waals surface area contributed by atoms with E-state index < -0.39 is 0 Å². The fourth-order valence-electron chi connectivity index (χ4n) is 5.93. The summed E-state index contributed by atoms with van der Waals surface area (Å²) in [5, 5.41) is 6.52. The third-order valence-electron chi connectivity index (χ3n) is 8.41. The summed E-state index contributed by atoms with van der Waals surface area (Å²) in [6.07, 6.45) is 0. The van der Waals surface area contributed by atoms with Gasteiger partial charge in [-0.25, -0.2) is 4.98 Å². The van der Waals surface area contributed by atoms with Crippen LogP contribution in [0, 0.1) is 0 Å². The van der Waals surface area contributed by atoms with Gasteiger partial charge in [-0.3, -0.25) is 0 Å². The van der Waals surface area contributed by atoms with Gasteiger partial charge in [0.15, 0.2) is 0 Å². The van der Waals surface area contributed by atoms with Crippen molar-refractivity contribution in [2.24, 2.45) is 0 Å². The van der Waals surface area contributed by atoms with E-state index in [1.807, 2.05) is 14.1 Å². The molecule has 222 valence electrons. The van der Waals surface area contributed by atoms with Gasteiger partial charge >= 0.3 is 0 Å². The van der Waals surface area contributed by atoms with E-state index in [0.29, 0.717) is 0 Å². The lowest BCUT2D eigenvalue weighted by molar-refractivity contribution is 1.32. The Morgan fingerprint density at radius 1 is 0.304 bits per heavy atom. The monoisotopic (exact) mass is 593 g/mol. The summed E-state index contributed by atoms with van der Waals surface area (Å²) in [7, 11) is 3.90. The largest absolute Gasteiger partial charge is 0.388 e. The predicted molar refractivity (Wildman–Crippen MR) is 196 cm³/mol. The molecule has 1 aromatic heterocycles. The smallest absolute Gasteiger partial charge is 0.0715 e. The molecule has 0 saturated heterocycles. The fourth-order valence-corrected chi connectivity index (χ4v) is 5.93. The first-order chi connectivity index (χ1) is 22.7. The molecule has 0 unspecified atom stereocenters. The van der Waals surface area contributed by atoms with Crippen LogP contribution in [-0.2, 0) is 0 Å². The van der Waals surface area contributed by atoms with Crippen molar-refractivity contribution in [1.82, 2.24) is 4.98 Å². The molecule has 46 heavy (non-hydrogen) atoms. The normalized spacial score (nSPS) is 10.8. The van der Waals surface area contributed by atoms with Crippen LogP contribution >= 0.6 is 0 Å². The van der Waals surface area contributed by atoms with E-state index in [-0.39, 0.29) is 0 Å². The number of nitrogens with zero attached hydrogens (tertiary/aromatic N) is 1. The Morgan fingerprint density at radius 2 is 0.652 bits per heavy atom. The Bertz CT molecular complexity index is 2020. The fraction of sp³-hybridized carbons (Fsp3) is 0.0465. The highest BCUT2D eigenvalue weighted by Gasteiger charge is 2.12. The van der Waals surface area contributed by atoms with Crippen LogP contribution in [0.4, 0.5) is 11.4 Å². The Labute approximate surface area is 271 Å². The number of hydrogen-bond acceptors (Lipinski definition) is 3. The molecule has 0 spiro atoms. The van der Waals surface area contributed by atoms with Crippen LogP contribution in [0.15, 0.2) is 164 Å². The molecule has 0 bridgehead atoms. The maximum absolute atomic E-state index is 5.29. The van der Waals surface area contributed by atoms with Gasteiger partial charge in [0.05, 0.1) is 11.4 Å². The topological polar surface area (TPSA) is 37.0 Å². The highest BCUT2D eigenvalue weighted by Crippen LogP contribution is 2.35. The minimum atomic E-state index is 0.937. The zero-order valence-corrected chi connectivity index (χ0v) is 26.0. The van der Waals surface area contributed by atoms with Crippen molar-refractivity contribution in [2.45, 2.75) is 0 Å². The molecule has 1 heterocycles. The third-order valence-corrected chi connectivity index (χ3v) is 8.41. The molecule has 0 atom stereocenters. The lowest BCUT2D eigenvalue weighted by Crippen LogP contribution is -1.93. The molecule has 3 nitrogen and oxygen atoms in total. The van der Waals surface area contributed by atoms with Crippen LogP contribution in [0.25, 0.3) is 67.0 Å². The summed E-state index contributed by atoms with van der Waals surface area (Å²) in [6.45, 7) is 0. The predicted octanol–water partition coefficient (Wildman–Crippen LogP) is 11.2. The summed E-state index contributed by atoms with van der Waals surface area (Å²) >= 11 is 0. The molecule has 0 saturated carbocycles. The van der Waals surface area contributed by atoms with Gasteiger partial charge in [0.2, 0.25) is 0 Å². The van der Waals surface area contributed by atoms with Crippen LogP contribution in [0.3, 0.4) is 0 Å². The summed E-state index contributed by atoms with van der Waals surface area (Å²) in [4.78, 5) is 5.29. The van der Waals surface area contributed by atoms with Crippen molar-refractivity contribution in [3.05, 3.63) is 164 Å². The third kappa shape index (κ3) is 6.17. The molecule has 3 heteroatoms. The maximum Gasteiger partial charge on any atom is 0.0715 e. The van der Waals surface area contributed by atoms with Crippen molar-refractivity contribution in [2.75, 3.05) is 24.7 Å². The average Bonchev–Trinajstić information content (AvgIpc) is 3.15. The Balaban J connectivity index is 1.37. The van der Waals surface area contributed by atoms with E-state index in [1.165, 1.54) is 11.1 Å². The van der Waals surface area contributed by atoms with Gasteiger partial charge in [-0.1, -0.05) is 109 Å². The standard InChI is InChI=1S/C43H35N3/c1-44-40-21-9-17-35(26-40)32-14-7-19-37(24-32)42-28-39(34-16-6-13-31(23-34)30-11-4-3-5-12-30)29-43(46-42)38-20-8-15-33(25-38)36-18-10-22-41(27-36)45-2/h3-29,44-45H,1-2H3. The van der Waals surface area contributed by atoms with E-state index in [2.05, 4.69) is 174 Å². The number of rotatable bonds is 8. The highest BCUT2D eigenvalue weighted by atomic mass is 14.8. The number of aromatic nitrogens is 1. The number of hydrogen-bond donors (Lipinski definition) is 2. The van der Waals surface area contributed by atoms with Crippen LogP contribution in [-0.4, -0.2) is 19.1 Å². The number of nitrogens with one attached hydrogen (secondary N) is 2. The van der Waals surface area contributed by atoms with E-state index in [1.54, 1.807) is 0 Å². The van der Waals surface area contributed by atoms with Crippen molar-refractivity contribution < 1.29 is 0 Å². The van der Waals surface area contributed by atoms with Crippen molar-refractivity contribution in [1.29, 1.82) is 0 Å². The number of pyridine rings is 1. The second-order valence-corrected chi connectivity index (χ2v) is 11.4. The van der Waals surface area contributed by atoms with Crippen LogP contribution in [0.1, 0.15) is 0 Å². The van der Waals surface area contributed by atoms with E-state index in [9.17, 15) is 0 Å². The summed E-state index contributed by atoms with van der Waals surface area (Å²) in [6, 6.07) is 58.1. The molecule has 7 rings (SSSR count). The van der Waals surface area contributed by atoms with Gasteiger partial charge in [-0.05, 0) is 99.1 Å². The Morgan fingerprint density at radius 3 is 1.13 bits per heavy atom. The van der Waals surface area contributed by atoms with Gasteiger partial charge < -0.3 is 10.6 Å². The molecule has 0 aliphatic rings. The summed E-state index contributed by atoms with van der Waals surface area (Å²) in [5.74, 6) is 0.